The molecule has 1 heterocycles. The maximum Gasteiger partial charge on any atom is 0.303 e. The average molecular weight is 336 g/mol. The molecule has 0 N–H and O–H groups in total. The Morgan fingerprint density at radius 2 is 1.71 bits per heavy atom. The maximum atomic E-state index is 11.2. The lowest BCUT2D eigenvalue weighted by Crippen LogP contribution is -2.42. The molecule has 0 spiro atoms. The smallest absolute Gasteiger partial charge is 0.303 e. The third-order valence-electron chi connectivity index (χ3n) is 3.20. The van der Waals surface area contributed by atoms with Crippen LogP contribution in [-0.4, -0.2) is 44.2 Å². The summed E-state index contributed by atoms with van der Waals surface area (Å²) in [4.78, 5) is 22.2. The number of methoxy groups -OCH3 is 1. The van der Waals surface area contributed by atoms with Crippen LogP contribution in [0.1, 0.15) is 13.8 Å². The Hall–Kier alpha value is -2.54. The number of carbonyl (C=O) groups excluding carboxylic acids is 2. The van der Waals surface area contributed by atoms with Gasteiger partial charge in [-0.15, -0.1) is 0 Å². The first kappa shape index (κ1) is 17.8. The van der Waals surface area contributed by atoms with Crippen molar-refractivity contribution in [3.8, 4) is 11.5 Å². The van der Waals surface area contributed by atoms with Gasteiger partial charge >= 0.3 is 11.9 Å². The van der Waals surface area contributed by atoms with E-state index < -0.39 is 30.4 Å². The van der Waals surface area contributed by atoms with Crippen molar-refractivity contribution in [3.63, 3.8) is 0 Å². The van der Waals surface area contributed by atoms with Crippen LogP contribution in [-0.2, 0) is 23.8 Å². The molecule has 2 rings (SSSR count). The number of ether oxygens (including phenoxy) is 5. The van der Waals surface area contributed by atoms with Gasteiger partial charge in [-0.2, -0.15) is 0 Å². The molecule has 1 aliphatic heterocycles. The van der Waals surface area contributed by atoms with E-state index in [4.69, 9.17) is 23.7 Å². The van der Waals surface area contributed by atoms with E-state index in [1.165, 1.54) is 13.8 Å². The van der Waals surface area contributed by atoms with Crippen LogP contribution in [0.4, 0.5) is 0 Å². The van der Waals surface area contributed by atoms with Gasteiger partial charge in [-0.05, 0) is 36.4 Å². The summed E-state index contributed by atoms with van der Waals surface area (Å²) in [6.07, 6.45) is 1.32. The van der Waals surface area contributed by atoms with Gasteiger partial charge < -0.3 is 23.7 Å². The highest BCUT2D eigenvalue weighted by atomic mass is 16.7. The van der Waals surface area contributed by atoms with Gasteiger partial charge in [-0.25, -0.2) is 0 Å². The number of hydrogen-bond acceptors (Lipinski definition) is 7. The zero-order valence-electron chi connectivity index (χ0n) is 13.8. The molecule has 0 aliphatic carbocycles. The molecule has 7 nitrogen and oxygen atoms in total. The number of carbonyl (C=O) groups is 2. The minimum Gasteiger partial charge on any atom is -0.497 e. The first-order valence-corrected chi connectivity index (χ1v) is 7.43. The highest BCUT2D eigenvalue weighted by Crippen LogP contribution is 2.22. The predicted molar refractivity (Wildman–Crippen MR) is 83.6 cm³/mol. The lowest BCUT2D eigenvalue weighted by atomic mass is 10.1. The van der Waals surface area contributed by atoms with Crippen molar-refractivity contribution >= 4 is 11.9 Å². The monoisotopic (exact) mass is 336 g/mol. The second kappa shape index (κ2) is 8.35. The molecule has 3 atom stereocenters. The molecule has 0 saturated carbocycles. The SMILES string of the molecule is COc1ccc(OC2C=CC(OC(C)=O)C(COC(C)=O)O2)cc1. The van der Waals surface area contributed by atoms with Crippen LogP contribution in [0.3, 0.4) is 0 Å². The van der Waals surface area contributed by atoms with Crippen molar-refractivity contribution in [2.75, 3.05) is 13.7 Å². The Labute approximate surface area is 140 Å². The van der Waals surface area contributed by atoms with Gasteiger partial charge in [0.1, 0.15) is 30.3 Å². The van der Waals surface area contributed by atoms with Crippen molar-refractivity contribution in [3.05, 3.63) is 36.4 Å². The summed E-state index contributed by atoms with van der Waals surface area (Å²) in [6.45, 7) is 2.56. The van der Waals surface area contributed by atoms with E-state index in [2.05, 4.69) is 0 Å². The summed E-state index contributed by atoms with van der Waals surface area (Å²) in [5.74, 6) is 0.408. The van der Waals surface area contributed by atoms with Gasteiger partial charge in [0.15, 0.2) is 0 Å². The third-order valence-corrected chi connectivity index (χ3v) is 3.20. The third kappa shape index (κ3) is 5.27. The fourth-order valence-electron chi connectivity index (χ4n) is 2.12. The van der Waals surface area contributed by atoms with Crippen molar-refractivity contribution in [2.45, 2.75) is 32.3 Å². The molecule has 0 aromatic heterocycles. The highest BCUT2D eigenvalue weighted by Gasteiger charge is 2.31. The molecular weight excluding hydrogens is 316 g/mol. The van der Waals surface area contributed by atoms with E-state index >= 15 is 0 Å². The lowest BCUT2D eigenvalue weighted by molar-refractivity contribution is -0.178. The molecule has 0 bridgehead atoms. The zero-order valence-corrected chi connectivity index (χ0v) is 13.8. The van der Waals surface area contributed by atoms with Crippen LogP contribution >= 0.6 is 0 Å². The molecule has 1 aromatic rings. The number of rotatable bonds is 6. The fraction of sp³-hybridized carbons (Fsp3) is 0.412. The average Bonchev–Trinajstić information content (AvgIpc) is 2.55. The van der Waals surface area contributed by atoms with Gasteiger partial charge in [-0.1, -0.05) is 0 Å². The van der Waals surface area contributed by atoms with E-state index in [0.717, 1.165) is 0 Å². The Morgan fingerprint density at radius 3 is 2.29 bits per heavy atom. The van der Waals surface area contributed by atoms with Crippen molar-refractivity contribution in [2.24, 2.45) is 0 Å². The molecular formula is C17H20O7. The number of benzene rings is 1. The van der Waals surface area contributed by atoms with Crippen LogP contribution in [0.15, 0.2) is 36.4 Å². The molecule has 1 aliphatic rings. The van der Waals surface area contributed by atoms with Gasteiger partial charge in [0.05, 0.1) is 7.11 Å². The Kier molecular flexibility index (Phi) is 6.20. The van der Waals surface area contributed by atoms with Gasteiger partial charge in [-0.3, -0.25) is 9.59 Å². The van der Waals surface area contributed by atoms with Gasteiger partial charge in [0, 0.05) is 13.8 Å². The summed E-state index contributed by atoms with van der Waals surface area (Å²) in [7, 11) is 1.58. The molecule has 0 radical (unpaired) electrons. The second-order valence-corrected chi connectivity index (χ2v) is 5.10. The minimum atomic E-state index is -0.689. The van der Waals surface area contributed by atoms with E-state index in [1.807, 2.05) is 0 Å². The standard InChI is InChI=1S/C17H20O7/c1-11(18)21-10-16-15(22-12(2)19)8-9-17(24-16)23-14-6-4-13(20-3)5-7-14/h4-9,15-17H,10H2,1-3H3. The zero-order chi connectivity index (χ0) is 17.5. The van der Waals surface area contributed by atoms with E-state index in [1.54, 1.807) is 43.5 Å². The van der Waals surface area contributed by atoms with Gasteiger partial charge in [0.25, 0.3) is 0 Å². The first-order valence-electron chi connectivity index (χ1n) is 7.43. The van der Waals surface area contributed by atoms with Crippen LogP contribution in [0, 0.1) is 0 Å². The van der Waals surface area contributed by atoms with Crippen molar-refractivity contribution in [1.29, 1.82) is 0 Å². The summed E-state index contributed by atoms with van der Waals surface area (Å²) in [5.41, 5.74) is 0. The van der Waals surface area contributed by atoms with Crippen LogP contribution in [0.2, 0.25) is 0 Å². The molecule has 130 valence electrons. The van der Waals surface area contributed by atoms with Crippen LogP contribution < -0.4 is 9.47 Å². The molecule has 1 aromatic carbocycles. The molecule has 3 unspecified atom stereocenters. The fourth-order valence-corrected chi connectivity index (χ4v) is 2.12. The molecule has 0 amide bonds. The van der Waals surface area contributed by atoms with Gasteiger partial charge in [0.2, 0.25) is 6.29 Å². The topological polar surface area (TPSA) is 80.3 Å². The summed E-state index contributed by atoms with van der Waals surface area (Å²) in [5, 5.41) is 0. The number of esters is 2. The van der Waals surface area contributed by atoms with Crippen LogP contribution in [0.5, 0.6) is 11.5 Å². The Bertz CT molecular complexity index is 593. The highest BCUT2D eigenvalue weighted by molar-refractivity contribution is 5.66. The number of hydrogen-bond donors (Lipinski definition) is 0. The normalized spacial score (nSPS) is 22.5. The van der Waals surface area contributed by atoms with Crippen molar-refractivity contribution in [1.82, 2.24) is 0 Å². The largest absolute Gasteiger partial charge is 0.497 e. The summed E-state index contributed by atoms with van der Waals surface area (Å²) in [6, 6.07) is 7.02. The van der Waals surface area contributed by atoms with E-state index in [0.29, 0.717) is 11.5 Å². The van der Waals surface area contributed by atoms with Crippen molar-refractivity contribution < 1.29 is 33.3 Å². The molecule has 7 heteroatoms. The predicted octanol–water partition coefficient (Wildman–Crippen LogP) is 1.85. The molecule has 0 saturated heterocycles. The Balaban J connectivity index is 2.02. The molecule has 24 heavy (non-hydrogen) atoms. The first-order chi connectivity index (χ1) is 11.5. The van der Waals surface area contributed by atoms with Crippen LogP contribution in [0.25, 0.3) is 0 Å². The summed E-state index contributed by atoms with van der Waals surface area (Å²) >= 11 is 0. The van der Waals surface area contributed by atoms with E-state index in [-0.39, 0.29) is 6.61 Å². The molecule has 0 fully saturated rings. The minimum absolute atomic E-state index is 0.0416. The Morgan fingerprint density at radius 1 is 1.04 bits per heavy atom. The maximum absolute atomic E-state index is 11.2. The lowest BCUT2D eigenvalue weighted by Gasteiger charge is -2.31. The second-order valence-electron chi connectivity index (χ2n) is 5.10. The van der Waals surface area contributed by atoms with E-state index in [9.17, 15) is 9.59 Å². The summed E-state index contributed by atoms with van der Waals surface area (Å²) < 4.78 is 26.6. The quantitative estimate of drug-likeness (QED) is 0.579.